The fourth-order valence-corrected chi connectivity index (χ4v) is 4.95. The minimum atomic E-state index is -0.183. The Hall–Kier alpha value is -3.00. The molecule has 2 amide bonds. The van der Waals surface area contributed by atoms with Crippen LogP contribution in [0.15, 0.2) is 24.3 Å². The predicted molar refractivity (Wildman–Crippen MR) is 122 cm³/mol. The zero-order valence-electron chi connectivity index (χ0n) is 17.4. The van der Waals surface area contributed by atoms with E-state index < -0.39 is 0 Å². The molecule has 1 aliphatic rings. The van der Waals surface area contributed by atoms with Crippen LogP contribution in [0.3, 0.4) is 0 Å². The number of nitrogens with zero attached hydrogens (tertiary/aromatic N) is 3. The molecule has 0 bridgehead atoms. The lowest BCUT2D eigenvalue weighted by Gasteiger charge is -2.28. The number of rotatable bonds is 4. The van der Waals surface area contributed by atoms with Crippen molar-refractivity contribution in [1.82, 2.24) is 9.97 Å². The molecular weight excluding hydrogens is 398 g/mol. The van der Waals surface area contributed by atoms with Gasteiger partial charge in [0.1, 0.15) is 16.5 Å². The largest absolute Gasteiger partial charge is 0.356 e. The van der Waals surface area contributed by atoms with E-state index in [0.717, 1.165) is 53.4 Å². The van der Waals surface area contributed by atoms with Gasteiger partial charge in [-0.1, -0.05) is 6.07 Å². The summed E-state index contributed by atoms with van der Waals surface area (Å²) in [5, 5.41) is 6.65. The summed E-state index contributed by atoms with van der Waals surface area (Å²) in [7, 11) is 0. The van der Waals surface area contributed by atoms with Crippen LogP contribution >= 0.6 is 11.3 Å². The Morgan fingerprint density at radius 1 is 1.03 bits per heavy atom. The number of piperidine rings is 1. The second-order valence-electron chi connectivity index (χ2n) is 7.59. The lowest BCUT2D eigenvalue weighted by molar-refractivity contribution is -0.114. The average Bonchev–Trinajstić information content (AvgIpc) is 3.04. The second-order valence-corrected chi connectivity index (χ2v) is 8.59. The van der Waals surface area contributed by atoms with Gasteiger partial charge in [0.15, 0.2) is 0 Å². The Morgan fingerprint density at radius 2 is 1.73 bits per heavy atom. The molecule has 2 aromatic heterocycles. The van der Waals surface area contributed by atoms with Gasteiger partial charge in [0.2, 0.25) is 5.91 Å². The first kappa shape index (κ1) is 20.3. The maximum atomic E-state index is 13.1. The van der Waals surface area contributed by atoms with Crippen LogP contribution in [0.5, 0.6) is 0 Å². The van der Waals surface area contributed by atoms with Crippen molar-refractivity contribution in [2.24, 2.45) is 0 Å². The van der Waals surface area contributed by atoms with Crippen molar-refractivity contribution in [3.8, 4) is 0 Å². The van der Waals surface area contributed by atoms with Crippen molar-refractivity contribution in [2.45, 2.75) is 40.0 Å². The highest BCUT2D eigenvalue weighted by Crippen LogP contribution is 2.36. The number of hydrogen-bond donors (Lipinski definition) is 2. The molecule has 0 unspecified atom stereocenters. The first-order chi connectivity index (χ1) is 14.4. The first-order valence-corrected chi connectivity index (χ1v) is 11.0. The zero-order valence-corrected chi connectivity index (χ0v) is 18.2. The molecule has 0 spiro atoms. The van der Waals surface area contributed by atoms with E-state index in [0.29, 0.717) is 16.3 Å². The molecular formula is C22H25N5O2S. The Labute approximate surface area is 179 Å². The minimum absolute atomic E-state index is 0.155. The van der Waals surface area contributed by atoms with Crippen LogP contribution in [0.4, 0.5) is 17.2 Å². The Balaban J connectivity index is 1.67. The number of carbonyl (C=O) groups is 2. The predicted octanol–water partition coefficient (Wildman–Crippen LogP) is 4.51. The van der Waals surface area contributed by atoms with Gasteiger partial charge in [0, 0.05) is 31.4 Å². The van der Waals surface area contributed by atoms with Gasteiger partial charge in [0.25, 0.3) is 5.91 Å². The highest BCUT2D eigenvalue weighted by Gasteiger charge is 2.23. The second kappa shape index (κ2) is 8.39. The van der Waals surface area contributed by atoms with Gasteiger partial charge in [-0.15, -0.1) is 11.3 Å². The van der Waals surface area contributed by atoms with Crippen LogP contribution in [0.1, 0.15) is 47.2 Å². The molecule has 3 aromatic rings. The third-order valence-electron chi connectivity index (χ3n) is 5.19. The first-order valence-electron chi connectivity index (χ1n) is 10.1. The minimum Gasteiger partial charge on any atom is -0.356 e. The van der Waals surface area contributed by atoms with Crippen molar-refractivity contribution >= 4 is 50.6 Å². The molecule has 2 N–H and O–H groups in total. The molecule has 8 heteroatoms. The molecule has 30 heavy (non-hydrogen) atoms. The molecule has 0 radical (unpaired) electrons. The molecule has 3 heterocycles. The quantitative estimate of drug-likeness (QED) is 0.645. The van der Waals surface area contributed by atoms with Crippen LogP contribution in [-0.2, 0) is 4.79 Å². The monoisotopic (exact) mass is 423 g/mol. The van der Waals surface area contributed by atoms with E-state index in [1.165, 1.54) is 24.7 Å². The van der Waals surface area contributed by atoms with E-state index in [-0.39, 0.29) is 11.8 Å². The van der Waals surface area contributed by atoms with Gasteiger partial charge < -0.3 is 15.5 Å². The van der Waals surface area contributed by atoms with Gasteiger partial charge >= 0.3 is 0 Å². The van der Waals surface area contributed by atoms with Crippen molar-refractivity contribution in [3.05, 3.63) is 40.5 Å². The number of benzene rings is 1. The molecule has 156 valence electrons. The van der Waals surface area contributed by atoms with Crippen LogP contribution < -0.4 is 15.5 Å². The summed E-state index contributed by atoms with van der Waals surface area (Å²) < 4.78 is 0. The van der Waals surface area contributed by atoms with Crippen molar-refractivity contribution in [1.29, 1.82) is 0 Å². The fraction of sp³-hybridized carbons (Fsp3) is 0.364. The number of hydrogen-bond acceptors (Lipinski definition) is 6. The van der Waals surface area contributed by atoms with Crippen molar-refractivity contribution in [2.75, 3.05) is 28.6 Å². The standard InChI is InChI=1S/C22H25N5O2S/c1-13-18-20(27-10-5-4-6-11-27)23-14(2)24-22(18)30-19(13)21(29)26-17-9-7-8-16(12-17)25-15(3)28/h7-9,12H,4-6,10-11H2,1-3H3,(H,25,28)(H,26,29). The van der Waals surface area contributed by atoms with Crippen LogP contribution in [0.2, 0.25) is 0 Å². The molecule has 1 saturated heterocycles. The zero-order chi connectivity index (χ0) is 21.3. The third-order valence-corrected chi connectivity index (χ3v) is 6.37. The van der Waals surface area contributed by atoms with Crippen LogP contribution in [-0.4, -0.2) is 34.9 Å². The normalized spacial score (nSPS) is 14.0. The Morgan fingerprint density at radius 3 is 2.43 bits per heavy atom. The van der Waals surface area contributed by atoms with Crippen molar-refractivity contribution in [3.63, 3.8) is 0 Å². The molecule has 0 aliphatic carbocycles. The summed E-state index contributed by atoms with van der Waals surface area (Å²) in [5.41, 5.74) is 2.18. The summed E-state index contributed by atoms with van der Waals surface area (Å²) >= 11 is 1.40. The van der Waals surface area contributed by atoms with Gasteiger partial charge in [-0.05, 0) is 56.9 Å². The molecule has 0 atom stereocenters. The lowest BCUT2D eigenvalue weighted by Crippen LogP contribution is -2.30. The summed E-state index contributed by atoms with van der Waals surface area (Å²) in [6.45, 7) is 7.29. The molecule has 7 nitrogen and oxygen atoms in total. The lowest BCUT2D eigenvalue weighted by atomic mass is 10.1. The van der Waals surface area contributed by atoms with E-state index in [2.05, 4.69) is 20.5 Å². The molecule has 0 saturated carbocycles. The van der Waals surface area contributed by atoms with Gasteiger partial charge in [-0.3, -0.25) is 9.59 Å². The SMILES string of the molecule is CC(=O)Nc1cccc(NC(=O)c2sc3nc(C)nc(N4CCCCC4)c3c2C)c1. The maximum Gasteiger partial charge on any atom is 0.266 e. The Kier molecular flexibility index (Phi) is 5.67. The topological polar surface area (TPSA) is 87.2 Å². The summed E-state index contributed by atoms with van der Waals surface area (Å²) in [5.74, 6) is 1.33. The number of thiophene rings is 1. The number of carbonyl (C=O) groups excluding carboxylic acids is 2. The van der Waals surface area contributed by atoms with E-state index >= 15 is 0 Å². The third kappa shape index (κ3) is 4.14. The highest BCUT2D eigenvalue weighted by atomic mass is 32.1. The summed E-state index contributed by atoms with van der Waals surface area (Å²) in [6, 6.07) is 7.12. The highest BCUT2D eigenvalue weighted by molar-refractivity contribution is 7.20. The molecule has 1 aromatic carbocycles. The maximum absolute atomic E-state index is 13.1. The van der Waals surface area contributed by atoms with Crippen molar-refractivity contribution < 1.29 is 9.59 Å². The van der Waals surface area contributed by atoms with Crippen LogP contribution in [0, 0.1) is 13.8 Å². The number of aromatic nitrogens is 2. The summed E-state index contributed by atoms with van der Waals surface area (Å²) in [4.78, 5) is 37.5. The molecule has 1 fully saturated rings. The van der Waals surface area contributed by atoms with E-state index in [9.17, 15) is 9.59 Å². The molecule has 4 rings (SSSR count). The van der Waals surface area contributed by atoms with Crippen LogP contribution in [0.25, 0.3) is 10.2 Å². The number of fused-ring (bicyclic) bond motifs is 1. The summed E-state index contributed by atoms with van der Waals surface area (Å²) in [6.07, 6.45) is 3.56. The van der Waals surface area contributed by atoms with Gasteiger partial charge in [0.05, 0.1) is 10.3 Å². The van der Waals surface area contributed by atoms with E-state index in [1.807, 2.05) is 13.8 Å². The number of anilines is 3. The fourth-order valence-electron chi connectivity index (χ4n) is 3.84. The van der Waals surface area contributed by atoms with E-state index in [1.54, 1.807) is 24.3 Å². The smallest absolute Gasteiger partial charge is 0.266 e. The average molecular weight is 424 g/mol. The number of nitrogens with one attached hydrogen (secondary N) is 2. The van der Waals surface area contributed by atoms with E-state index in [4.69, 9.17) is 4.98 Å². The number of aryl methyl sites for hydroxylation is 2. The molecule has 1 aliphatic heterocycles. The number of amides is 2. The Bertz CT molecular complexity index is 1120. The van der Waals surface area contributed by atoms with Gasteiger partial charge in [-0.2, -0.15) is 0 Å². The van der Waals surface area contributed by atoms with Gasteiger partial charge in [-0.25, -0.2) is 9.97 Å².